The summed E-state index contributed by atoms with van der Waals surface area (Å²) in [6.07, 6.45) is 2.74. The molecule has 0 spiro atoms. The van der Waals surface area contributed by atoms with Gasteiger partial charge >= 0.3 is 6.09 Å². The Balaban J connectivity index is 0. The minimum absolute atomic E-state index is 0. The predicted octanol–water partition coefficient (Wildman–Crippen LogP) is 1.18. The number of unbranched alkanes of at least 4 members (excludes halogenated alkanes) is 1. The van der Waals surface area contributed by atoms with Crippen molar-refractivity contribution >= 4 is 24.7 Å². The maximum absolute atomic E-state index is 11.0. The number of hydrogen-bond donors (Lipinski definition) is 3. The van der Waals surface area contributed by atoms with Crippen LogP contribution in [0.4, 0.5) is 4.79 Å². The molecule has 98 valence electrons. The number of rotatable bonds is 7. The number of halogens is 1. The topological polar surface area (TPSA) is 74.2 Å². The van der Waals surface area contributed by atoms with Crippen LogP contribution in [0.1, 0.15) is 19.8 Å². The lowest BCUT2D eigenvalue weighted by molar-refractivity contribution is 0.146. The summed E-state index contributed by atoms with van der Waals surface area (Å²) < 4.78 is 4.86. The number of carbonyl (C=O) groups is 1. The third-order valence-corrected chi connectivity index (χ3v) is 1.64. The second-order valence-corrected chi connectivity index (χ2v) is 3.03. The molecule has 0 heterocycles. The summed E-state index contributed by atoms with van der Waals surface area (Å²) in [6.45, 7) is 3.81. The molecule has 0 bridgehead atoms. The van der Waals surface area contributed by atoms with Gasteiger partial charge in [0.05, 0.1) is 19.7 Å². The van der Waals surface area contributed by atoms with Crippen LogP contribution in [0.5, 0.6) is 0 Å². The van der Waals surface area contributed by atoms with E-state index in [0.717, 1.165) is 12.8 Å². The van der Waals surface area contributed by atoms with Crippen molar-refractivity contribution in [3.63, 3.8) is 0 Å². The average molecular weight is 262 g/mol. The lowest BCUT2D eigenvalue weighted by Gasteiger charge is -2.02. The Morgan fingerprint density at radius 1 is 1.41 bits per heavy atom. The van der Waals surface area contributed by atoms with Crippen molar-refractivity contribution < 1.29 is 9.53 Å². The molecule has 1 amide bonds. The normalized spacial score (nSPS) is 8.29. The smallest absolute Gasteiger partial charge is 0.407 e. The number of hydrogen-bond acceptors (Lipinski definition) is 4. The summed E-state index contributed by atoms with van der Waals surface area (Å²) in [5.41, 5.74) is 0. The van der Waals surface area contributed by atoms with Crippen LogP contribution in [0.3, 0.4) is 0 Å². The van der Waals surface area contributed by atoms with E-state index < -0.39 is 6.09 Å². The van der Waals surface area contributed by atoms with Crippen molar-refractivity contribution in [2.24, 2.45) is 0 Å². The molecule has 3 N–H and O–H groups in total. The highest BCUT2D eigenvalue weighted by molar-refractivity contribution is 5.85. The minimum Gasteiger partial charge on any atom is -0.450 e. The van der Waals surface area contributed by atoms with Crippen molar-refractivity contribution in [2.75, 3.05) is 26.2 Å². The number of nitrogens with one attached hydrogen (secondary N) is 3. The van der Waals surface area contributed by atoms with Crippen LogP contribution < -0.4 is 10.6 Å². The third-order valence-electron chi connectivity index (χ3n) is 1.64. The zero-order valence-corrected chi connectivity index (χ0v) is 10.9. The highest BCUT2D eigenvalue weighted by Gasteiger charge is 1.97. The van der Waals surface area contributed by atoms with Crippen molar-refractivity contribution in [2.45, 2.75) is 19.8 Å². The monoisotopic (exact) mass is 261 g/mol. The quantitative estimate of drug-likeness (QED) is 0.366. The molecule has 0 aliphatic carbocycles. The summed E-state index contributed by atoms with van der Waals surface area (Å²) in [5, 5.41) is 12.2. The molecule has 0 rings (SSSR count). The van der Waals surface area contributed by atoms with E-state index in [1.807, 2.05) is 6.92 Å². The fourth-order valence-electron chi connectivity index (χ4n) is 0.808. The summed E-state index contributed by atoms with van der Waals surface area (Å²) in [7, 11) is 0. The second kappa shape index (κ2) is 14.8. The molecule has 0 saturated heterocycles. The minimum atomic E-state index is -0.421. The Kier molecular flexibility index (Phi) is 15.7. The highest BCUT2D eigenvalue weighted by Crippen LogP contribution is 1.87. The van der Waals surface area contributed by atoms with Crippen LogP contribution in [-0.2, 0) is 4.74 Å². The van der Waals surface area contributed by atoms with Crippen LogP contribution in [0.25, 0.3) is 0 Å². The number of alkyl carbamates (subject to hydrolysis) is 1. The Bertz CT molecular complexity index is 261. The Morgan fingerprint density at radius 3 is 2.76 bits per heavy atom. The molecule has 17 heavy (non-hydrogen) atoms. The van der Waals surface area contributed by atoms with Gasteiger partial charge in [-0.25, -0.2) is 4.79 Å². The van der Waals surface area contributed by atoms with E-state index in [4.69, 9.17) is 10.1 Å². The molecule has 0 aliphatic rings. The van der Waals surface area contributed by atoms with E-state index in [2.05, 4.69) is 22.5 Å². The summed E-state index contributed by atoms with van der Waals surface area (Å²) in [5.74, 6) is 5.57. The van der Waals surface area contributed by atoms with E-state index in [0.29, 0.717) is 19.7 Å². The second-order valence-electron chi connectivity index (χ2n) is 3.03. The molecule has 0 aromatic carbocycles. The first-order chi connectivity index (χ1) is 7.81. The fourth-order valence-corrected chi connectivity index (χ4v) is 0.808. The molecule has 0 atom stereocenters. The van der Waals surface area contributed by atoms with E-state index in [9.17, 15) is 4.79 Å². The van der Waals surface area contributed by atoms with Crippen molar-refractivity contribution in [1.29, 1.82) is 5.41 Å². The molecule has 6 heteroatoms. The number of ether oxygens (including phenoxy) is 1. The van der Waals surface area contributed by atoms with Crippen molar-refractivity contribution in [1.82, 2.24) is 10.6 Å². The largest absolute Gasteiger partial charge is 0.450 e. The summed E-state index contributed by atoms with van der Waals surface area (Å²) >= 11 is 0. The molecule has 5 nitrogen and oxygen atoms in total. The number of amides is 1. The highest BCUT2D eigenvalue weighted by atomic mass is 35.5. The van der Waals surface area contributed by atoms with Gasteiger partial charge in [0.15, 0.2) is 0 Å². The van der Waals surface area contributed by atoms with Gasteiger partial charge in [-0.1, -0.05) is 25.2 Å². The van der Waals surface area contributed by atoms with Gasteiger partial charge in [0, 0.05) is 12.8 Å². The van der Waals surface area contributed by atoms with Crippen LogP contribution in [-0.4, -0.2) is 38.5 Å². The SMILES string of the molecule is CCCCOC(=O)NCC#CCNCC=N.Cl. The van der Waals surface area contributed by atoms with Gasteiger partial charge in [0.1, 0.15) is 0 Å². The first-order valence-electron chi connectivity index (χ1n) is 5.37. The Morgan fingerprint density at radius 2 is 2.12 bits per heavy atom. The lowest BCUT2D eigenvalue weighted by atomic mass is 10.4. The van der Waals surface area contributed by atoms with Gasteiger partial charge in [0.2, 0.25) is 0 Å². The van der Waals surface area contributed by atoms with E-state index >= 15 is 0 Å². The molecule has 0 aromatic heterocycles. The van der Waals surface area contributed by atoms with Gasteiger partial charge in [-0.2, -0.15) is 0 Å². The Labute approximate surface area is 109 Å². The predicted molar refractivity (Wildman–Crippen MR) is 70.9 cm³/mol. The molecular weight excluding hydrogens is 242 g/mol. The third kappa shape index (κ3) is 14.8. The molecule has 0 aromatic rings. The molecule has 0 fully saturated rings. The van der Waals surface area contributed by atoms with Crippen LogP contribution in [0.2, 0.25) is 0 Å². The van der Waals surface area contributed by atoms with Gasteiger partial charge in [-0.15, -0.1) is 12.4 Å². The Hall–Kier alpha value is -1.25. The van der Waals surface area contributed by atoms with E-state index in [-0.39, 0.29) is 19.0 Å². The summed E-state index contributed by atoms with van der Waals surface area (Å²) in [6, 6.07) is 0. The van der Waals surface area contributed by atoms with Gasteiger partial charge in [-0.3, -0.25) is 0 Å². The molecular formula is C11H20ClN3O2. The standard InChI is InChI=1S/C11H19N3O2.ClH/c1-2-3-10-16-11(15)14-8-5-4-7-13-9-6-12;/h6,12-13H,2-3,7-10H2,1H3,(H,14,15);1H. The molecule has 0 saturated carbocycles. The van der Waals surface area contributed by atoms with Crippen molar-refractivity contribution in [3.05, 3.63) is 0 Å². The van der Waals surface area contributed by atoms with Crippen LogP contribution in [0, 0.1) is 17.3 Å². The van der Waals surface area contributed by atoms with Gasteiger partial charge in [0.25, 0.3) is 0 Å². The summed E-state index contributed by atoms with van der Waals surface area (Å²) in [4.78, 5) is 11.0. The molecule has 0 radical (unpaired) electrons. The van der Waals surface area contributed by atoms with E-state index in [1.165, 1.54) is 6.21 Å². The first kappa shape index (κ1) is 18.1. The lowest BCUT2D eigenvalue weighted by Crippen LogP contribution is -2.25. The van der Waals surface area contributed by atoms with Gasteiger partial charge in [-0.05, 0) is 6.42 Å². The zero-order chi connectivity index (χ0) is 12.1. The maximum Gasteiger partial charge on any atom is 0.407 e. The molecule has 0 unspecified atom stereocenters. The van der Waals surface area contributed by atoms with Crippen molar-refractivity contribution in [3.8, 4) is 11.8 Å². The average Bonchev–Trinajstić information content (AvgIpc) is 2.28. The first-order valence-corrected chi connectivity index (χ1v) is 5.37. The fraction of sp³-hybridized carbons (Fsp3) is 0.636. The van der Waals surface area contributed by atoms with E-state index in [1.54, 1.807) is 0 Å². The van der Waals surface area contributed by atoms with Crippen LogP contribution >= 0.6 is 12.4 Å². The zero-order valence-electron chi connectivity index (χ0n) is 10.0. The maximum atomic E-state index is 11.0. The molecule has 0 aliphatic heterocycles. The van der Waals surface area contributed by atoms with Crippen LogP contribution in [0.15, 0.2) is 0 Å². The van der Waals surface area contributed by atoms with Gasteiger partial charge < -0.3 is 20.8 Å². The number of carbonyl (C=O) groups excluding carboxylic acids is 1.